The first kappa shape index (κ1) is 16.2. The topological polar surface area (TPSA) is 12.0 Å². The summed E-state index contributed by atoms with van der Waals surface area (Å²) < 4.78 is 0. The third kappa shape index (κ3) is 8.05. The molecule has 1 heteroatoms. The molecule has 19 heavy (non-hydrogen) atoms. The van der Waals surface area contributed by atoms with Crippen LogP contribution in [0.3, 0.4) is 0 Å². The highest BCUT2D eigenvalue weighted by atomic mass is 14.8. The Labute approximate surface area is 119 Å². The minimum Gasteiger partial charge on any atom is -0.316 e. The second kappa shape index (κ2) is 11.0. The number of unbranched alkanes of at least 4 members (excludes halogenated alkanes) is 6. The zero-order valence-electron chi connectivity index (χ0n) is 12.9. The summed E-state index contributed by atoms with van der Waals surface area (Å²) in [7, 11) is 0. The molecule has 0 amide bonds. The van der Waals surface area contributed by atoms with Crippen molar-refractivity contribution in [2.45, 2.75) is 65.2 Å². The molecule has 0 saturated carbocycles. The minimum atomic E-state index is 1.11. The van der Waals surface area contributed by atoms with Crippen molar-refractivity contribution < 1.29 is 0 Å². The van der Waals surface area contributed by atoms with Gasteiger partial charge >= 0.3 is 0 Å². The van der Waals surface area contributed by atoms with Gasteiger partial charge in [0.1, 0.15) is 0 Å². The van der Waals surface area contributed by atoms with Crippen LogP contribution in [0.4, 0.5) is 0 Å². The van der Waals surface area contributed by atoms with Crippen LogP contribution in [0.2, 0.25) is 0 Å². The third-order valence-electron chi connectivity index (χ3n) is 3.79. The fraction of sp³-hybridized carbons (Fsp3) is 0.667. The molecule has 108 valence electrons. The van der Waals surface area contributed by atoms with Gasteiger partial charge in [0.15, 0.2) is 0 Å². The number of nitrogens with one attached hydrogen (secondary N) is 1. The van der Waals surface area contributed by atoms with E-state index in [1.807, 2.05) is 0 Å². The van der Waals surface area contributed by atoms with Crippen molar-refractivity contribution >= 4 is 0 Å². The van der Waals surface area contributed by atoms with E-state index in [4.69, 9.17) is 0 Å². The van der Waals surface area contributed by atoms with Gasteiger partial charge in [-0.25, -0.2) is 0 Å². The summed E-state index contributed by atoms with van der Waals surface area (Å²) in [5.41, 5.74) is 2.90. The van der Waals surface area contributed by atoms with Crippen LogP contribution < -0.4 is 5.32 Å². The van der Waals surface area contributed by atoms with Crippen LogP contribution in [-0.4, -0.2) is 13.1 Å². The zero-order chi connectivity index (χ0) is 13.8. The minimum absolute atomic E-state index is 1.11. The molecule has 1 aromatic carbocycles. The molecule has 0 aliphatic heterocycles. The monoisotopic (exact) mass is 261 g/mol. The van der Waals surface area contributed by atoms with Gasteiger partial charge in [0, 0.05) is 0 Å². The molecule has 0 aromatic heterocycles. The van der Waals surface area contributed by atoms with Crippen molar-refractivity contribution in [3.63, 3.8) is 0 Å². The molecule has 0 aliphatic rings. The molecule has 0 unspecified atom stereocenters. The SMILES string of the molecule is CCCCCCCCCNCCc1ccccc1C. The Kier molecular flexibility index (Phi) is 9.44. The highest BCUT2D eigenvalue weighted by molar-refractivity contribution is 5.25. The number of benzene rings is 1. The maximum Gasteiger partial charge on any atom is -0.000825 e. The maximum atomic E-state index is 3.56. The molecule has 0 heterocycles. The van der Waals surface area contributed by atoms with Gasteiger partial charge in [-0.3, -0.25) is 0 Å². The summed E-state index contributed by atoms with van der Waals surface area (Å²) >= 11 is 0. The second-order valence-corrected chi connectivity index (χ2v) is 5.55. The predicted molar refractivity (Wildman–Crippen MR) is 85.7 cm³/mol. The van der Waals surface area contributed by atoms with Gasteiger partial charge < -0.3 is 5.32 Å². The van der Waals surface area contributed by atoms with Crippen LogP contribution in [0.25, 0.3) is 0 Å². The molecule has 0 aliphatic carbocycles. The normalized spacial score (nSPS) is 10.8. The Morgan fingerprint density at radius 2 is 1.53 bits per heavy atom. The van der Waals surface area contributed by atoms with Crippen LogP contribution in [0.1, 0.15) is 63.0 Å². The van der Waals surface area contributed by atoms with Crippen LogP contribution in [0, 0.1) is 6.92 Å². The van der Waals surface area contributed by atoms with Crippen molar-refractivity contribution in [2.24, 2.45) is 0 Å². The molecule has 0 fully saturated rings. The standard InChI is InChI=1S/C18H31N/c1-3-4-5-6-7-8-11-15-19-16-14-18-13-10-9-12-17(18)2/h9-10,12-13,19H,3-8,11,14-16H2,1-2H3. The Morgan fingerprint density at radius 3 is 2.26 bits per heavy atom. The molecule has 0 radical (unpaired) electrons. The molecule has 1 N–H and O–H groups in total. The summed E-state index contributed by atoms with van der Waals surface area (Å²) in [5.74, 6) is 0. The van der Waals surface area contributed by atoms with E-state index in [9.17, 15) is 0 Å². The van der Waals surface area contributed by atoms with Gasteiger partial charge in [-0.1, -0.05) is 69.7 Å². The largest absolute Gasteiger partial charge is 0.316 e. The van der Waals surface area contributed by atoms with Gasteiger partial charge in [0.05, 0.1) is 0 Å². The van der Waals surface area contributed by atoms with E-state index in [1.54, 1.807) is 0 Å². The van der Waals surface area contributed by atoms with Gasteiger partial charge in [-0.15, -0.1) is 0 Å². The van der Waals surface area contributed by atoms with Crippen molar-refractivity contribution in [1.82, 2.24) is 5.32 Å². The fourth-order valence-corrected chi connectivity index (χ4v) is 2.45. The van der Waals surface area contributed by atoms with E-state index in [0.717, 1.165) is 13.0 Å². The van der Waals surface area contributed by atoms with Crippen LogP contribution in [0.15, 0.2) is 24.3 Å². The lowest BCUT2D eigenvalue weighted by Crippen LogP contribution is -2.18. The van der Waals surface area contributed by atoms with Gasteiger partial charge in [-0.05, 0) is 44.0 Å². The lowest BCUT2D eigenvalue weighted by Gasteiger charge is -2.07. The first-order valence-electron chi connectivity index (χ1n) is 8.10. The highest BCUT2D eigenvalue weighted by Gasteiger charge is 1.96. The van der Waals surface area contributed by atoms with Gasteiger partial charge in [-0.2, -0.15) is 0 Å². The van der Waals surface area contributed by atoms with E-state index < -0.39 is 0 Å². The Morgan fingerprint density at radius 1 is 0.842 bits per heavy atom. The smallest absolute Gasteiger partial charge is 0.000825 e. The average Bonchev–Trinajstić information content (AvgIpc) is 2.43. The van der Waals surface area contributed by atoms with E-state index in [2.05, 4.69) is 43.4 Å². The second-order valence-electron chi connectivity index (χ2n) is 5.55. The van der Waals surface area contributed by atoms with Crippen LogP contribution >= 0.6 is 0 Å². The number of rotatable bonds is 11. The highest BCUT2D eigenvalue weighted by Crippen LogP contribution is 2.07. The third-order valence-corrected chi connectivity index (χ3v) is 3.79. The van der Waals surface area contributed by atoms with Crippen molar-refractivity contribution in [1.29, 1.82) is 0 Å². The molecule has 1 nitrogen and oxygen atoms in total. The van der Waals surface area contributed by atoms with Crippen LogP contribution in [-0.2, 0) is 6.42 Å². The molecule has 0 atom stereocenters. The van der Waals surface area contributed by atoms with Crippen molar-refractivity contribution in [3.8, 4) is 0 Å². The molecule has 0 saturated heterocycles. The number of aryl methyl sites for hydroxylation is 1. The summed E-state index contributed by atoms with van der Waals surface area (Å²) in [6.45, 7) is 6.77. The van der Waals surface area contributed by atoms with E-state index >= 15 is 0 Å². The van der Waals surface area contributed by atoms with Crippen LogP contribution in [0.5, 0.6) is 0 Å². The summed E-state index contributed by atoms with van der Waals surface area (Å²) in [6, 6.07) is 8.69. The summed E-state index contributed by atoms with van der Waals surface area (Å²) in [6.07, 6.45) is 10.9. The fourth-order valence-electron chi connectivity index (χ4n) is 2.45. The van der Waals surface area contributed by atoms with E-state index in [-0.39, 0.29) is 0 Å². The molecular formula is C18H31N. The quantitative estimate of drug-likeness (QED) is 0.560. The Balaban J connectivity index is 1.90. The molecule has 0 bridgehead atoms. The van der Waals surface area contributed by atoms with Crippen molar-refractivity contribution in [2.75, 3.05) is 13.1 Å². The lowest BCUT2D eigenvalue weighted by atomic mass is 10.1. The lowest BCUT2D eigenvalue weighted by molar-refractivity contribution is 0.563. The maximum absolute atomic E-state index is 3.56. The summed E-state index contributed by atoms with van der Waals surface area (Å²) in [5, 5.41) is 3.56. The first-order chi connectivity index (χ1) is 9.34. The summed E-state index contributed by atoms with van der Waals surface area (Å²) in [4.78, 5) is 0. The molecule has 1 aromatic rings. The number of hydrogen-bond acceptors (Lipinski definition) is 1. The first-order valence-corrected chi connectivity index (χ1v) is 8.10. The van der Waals surface area contributed by atoms with E-state index in [0.29, 0.717) is 0 Å². The van der Waals surface area contributed by atoms with Crippen molar-refractivity contribution in [3.05, 3.63) is 35.4 Å². The van der Waals surface area contributed by atoms with Gasteiger partial charge in [0.25, 0.3) is 0 Å². The van der Waals surface area contributed by atoms with Gasteiger partial charge in [0.2, 0.25) is 0 Å². The molecule has 1 rings (SSSR count). The average molecular weight is 261 g/mol. The number of hydrogen-bond donors (Lipinski definition) is 1. The Hall–Kier alpha value is -0.820. The zero-order valence-corrected chi connectivity index (χ0v) is 12.9. The Bertz CT molecular complexity index is 319. The molecule has 0 spiro atoms. The predicted octanol–water partition coefficient (Wildman–Crippen LogP) is 4.88. The molecular weight excluding hydrogens is 230 g/mol. The van der Waals surface area contributed by atoms with E-state index in [1.165, 1.54) is 62.6 Å².